The summed E-state index contributed by atoms with van der Waals surface area (Å²) in [6, 6.07) is 0. The van der Waals surface area contributed by atoms with E-state index in [1.165, 1.54) is 14.2 Å². The van der Waals surface area contributed by atoms with E-state index in [-0.39, 0.29) is 11.9 Å². The highest BCUT2D eigenvalue weighted by Crippen LogP contribution is 2.08. The van der Waals surface area contributed by atoms with Crippen LogP contribution in [0, 0.1) is 0 Å². The lowest BCUT2D eigenvalue weighted by Crippen LogP contribution is -1.99. The molecule has 0 unspecified atom stereocenters. The number of ether oxygens (including phenoxy) is 2. The summed E-state index contributed by atoms with van der Waals surface area (Å²) in [5.41, 5.74) is 0. The molecule has 0 atom stereocenters. The smallest absolute Gasteiger partial charge is 0.309 e. The summed E-state index contributed by atoms with van der Waals surface area (Å²) in [6.45, 7) is 0. The summed E-state index contributed by atoms with van der Waals surface area (Å²) < 4.78 is 9.09. The molecule has 4 heteroatoms. The van der Waals surface area contributed by atoms with E-state index in [0.29, 0.717) is 12.8 Å². The third-order valence-electron chi connectivity index (χ3n) is 2.66. The first kappa shape index (κ1) is 16.7. The van der Waals surface area contributed by atoms with E-state index in [9.17, 15) is 9.59 Å². The predicted molar refractivity (Wildman–Crippen MR) is 70.1 cm³/mol. The largest absolute Gasteiger partial charge is 0.469 e. The molecular weight excluding hydrogens is 232 g/mol. The third-order valence-corrected chi connectivity index (χ3v) is 2.66. The molecule has 0 aliphatic rings. The molecule has 0 bridgehead atoms. The molecule has 0 aliphatic heterocycles. The van der Waals surface area contributed by atoms with Gasteiger partial charge in [-0.1, -0.05) is 31.4 Å². The van der Waals surface area contributed by atoms with Gasteiger partial charge in [-0.3, -0.25) is 9.59 Å². The summed E-state index contributed by atoms with van der Waals surface area (Å²) in [5.74, 6) is -0.324. The van der Waals surface area contributed by atoms with Gasteiger partial charge < -0.3 is 9.47 Å². The fourth-order valence-corrected chi connectivity index (χ4v) is 1.54. The first-order valence-corrected chi connectivity index (χ1v) is 6.49. The minimum atomic E-state index is -0.200. The highest BCUT2D eigenvalue weighted by atomic mass is 16.5. The Kier molecular flexibility index (Phi) is 11.3. The van der Waals surface area contributed by atoms with Crippen LogP contribution in [-0.2, 0) is 19.1 Å². The van der Waals surface area contributed by atoms with Crippen molar-refractivity contribution in [3.63, 3.8) is 0 Å². The lowest BCUT2D eigenvalue weighted by Gasteiger charge is -2.00. The molecule has 18 heavy (non-hydrogen) atoms. The number of methoxy groups -OCH3 is 2. The molecule has 0 spiro atoms. The van der Waals surface area contributed by atoms with E-state index in [2.05, 4.69) is 9.47 Å². The van der Waals surface area contributed by atoms with Crippen LogP contribution in [0.5, 0.6) is 0 Å². The Hall–Kier alpha value is -1.32. The van der Waals surface area contributed by atoms with Crippen LogP contribution >= 0.6 is 0 Å². The molecule has 0 aromatic carbocycles. The van der Waals surface area contributed by atoms with Crippen LogP contribution < -0.4 is 0 Å². The Morgan fingerprint density at radius 3 is 2.11 bits per heavy atom. The van der Waals surface area contributed by atoms with Gasteiger partial charge in [-0.15, -0.1) is 0 Å². The van der Waals surface area contributed by atoms with Crippen molar-refractivity contribution in [2.75, 3.05) is 14.2 Å². The van der Waals surface area contributed by atoms with E-state index in [1.54, 1.807) is 0 Å². The fraction of sp³-hybridized carbons (Fsp3) is 0.714. The molecule has 0 saturated carbocycles. The molecule has 0 N–H and O–H groups in total. The van der Waals surface area contributed by atoms with E-state index in [0.717, 1.165) is 38.5 Å². The van der Waals surface area contributed by atoms with Crippen LogP contribution in [0.15, 0.2) is 12.2 Å². The molecule has 4 nitrogen and oxygen atoms in total. The van der Waals surface area contributed by atoms with Gasteiger partial charge in [0.05, 0.1) is 20.6 Å². The van der Waals surface area contributed by atoms with Gasteiger partial charge in [0.15, 0.2) is 0 Å². The van der Waals surface area contributed by atoms with Crippen LogP contribution in [0.2, 0.25) is 0 Å². The Morgan fingerprint density at radius 2 is 1.44 bits per heavy atom. The Bertz CT molecular complexity index is 259. The second kappa shape index (κ2) is 12.1. The maximum Gasteiger partial charge on any atom is 0.309 e. The molecule has 0 heterocycles. The Balaban J connectivity index is 3.21. The van der Waals surface area contributed by atoms with Gasteiger partial charge in [0, 0.05) is 6.42 Å². The standard InChI is InChI=1S/C14H24O4/c1-17-13(15)11-9-7-5-3-4-6-8-10-12-14(16)18-2/h7,9H,3-6,8,10-12H2,1-2H3/b9-7+. The molecule has 0 amide bonds. The fourth-order valence-electron chi connectivity index (χ4n) is 1.54. The number of unbranched alkanes of at least 4 members (excludes halogenated alkanes) is 5. The van der Waals surface area contributed by atoms with Gasteiger partial charge >= 0.3 is 11.9 Å². The van der Waals surface area contributed by atoms with Crippen molar-refractivity contribution in [3.05, 3.63) is 12.2 Å². The average Bonchev–Trinajstić information content (AvgIpc) is 2.40. The van der Waals surface area contributed by atoms with Gasteiger partial charge in [-0.25, -0.2) is 0 Å². The van der Waals surface area contributed by atoms with Crippen molar-refractivity contribution in [3.8, 4) is 0 Å². The van der Waals surface area contributed by atoms with Gasteiger partial charge in [-0.2, -0.15) is 0 Å². The van der Waals surface area contributed by atoms with Crippen molar-refractivity contribution in [2.24, 2.45) is 0 Å². The number of allylic oxidation sites excluding steroid dienone is 1. The first-order chi connectivity index (χ1) is 8.70. The van der Waals surface area contributed by atoms with Crippen molar-refractivity contribution < 1.29 is 19.1 Å². The number of esters is 2. The molecule has 104 valence electrons. The van der Waals surface area contributed by atoms with Crippen LogP contribution in [0.25, 0.3) is 0 Å². The predicted octanol–water partition coefficient (Wildman–Crippen LogP) is 3.01. The van der Waals surface area contributed by atoms with Gasteiger partial charge in [0.2, 0.25) is 0 Å². The monoisotopic (exact) mass is 256 g/mol. The number of hydrogen-bond acceptors (Lipinski definition) is 4. The maximum absolute atomic E-state index is 10.8. The van der Waals surface area contributed by atoms with Crippen molar-refractivity contribution in [1.82, 2.24) is 0 Å². The number of rotatable bonds is 10. The van der Waals surface area contributed by atoms with Gasteiger partial charge in [0.25, 0.3) is 0 Å². The summed E-state index contributed by atoms with van der Waals surface area (Å²) >= 11 is 0. The quantitative estimate of drug-likeness (QED) is 0.342. The lowest BCUT2D eigenvalue weighted by molar-refractivity contribution is -0.141. The minimum absolute atomic E-state index is 0.124. The zero-order chi connectivity index (χ0) is 13.6. The third kappa shape index (κ3) is 11.2. The normalized spacial score (nSPS) is 10.6. The highest BCUT2D eigenvalue weighted by Gasteiger charge is 1.98. The van der Waals surface area contributed by atoms with Crippen molar-refractivity contribution >= 4 is 11.9 Å². The summed E-state index contributed by atoms with van der Waals surface area (Å²) in [7, 11) is 2.81. The molecule has 0 rings (SSSR count). The second-order valence-corrected chi connectivity index (χ2v) is 4.13. The molecule has 0 fully saturated rings. The van der Waals surface area contributed by atoms with Crippen molar-refractivity contribution in [1.29, 1.82) is 0 Å². The topological polar surface area (TPSA) is 52.6 Å². The Morgan fingerprint density at radius 1 is 0.833 bits per heavy atom. The van der Waals surface area contributed by atoms with Gasteiger partial charge in [-0.05, 0) is 19.3 Å². The maximum atomic E-state index is 10.8. The molecular formula is C14H24O4. The highest BCUT2D eigenvalue weighted by molar-refractivity contribution is 5.70. The number of carbonyl (C=O) groups is 2. The van der Waals surface area contributed by atoms with Gasteiger partial charge in [0.1, 0.15) is 0 Å². The Labute approximate surface area is 109 Å². The van der Waals surface area contributed by atoms with E-state index < -0.39 is 0 Å². The summed E-state index contributed by atoms with van der Waals surface area (Å²) in [6.07, 6.45) is 11.1. The number of hydrogen-bond donors (Lipinski definition) is 0. The van der Waals surface area contributed by atoms with Crippen LogP contribution in [0.3, 0.4) is 0 Å². The van der Waals surface area contributed by atoms with Crippen LogP contribution in [0.1, 0.15) is 51.4 Å². The zero-order valence-corrected chi connectivity index (χ0v) is 11.4. The van der Waals surface area contributed by atoms with E-state index in [1.807, 2.05) is 12.2 Å². The van der Waals surface area contributed by atoms with Crippen LogP contribution in [0.4, 0.5) is 0 Å². The SMILES string of the molecule is COC(=O)C/C=C/CCCCCCCC(=O)OC. The zero-order valence-electron chi connectivity index (χ0n) is 11.4. The van der Waals surface area contributed by atoms with E-state index in [4.69, 9.17) is 0 Å². The minimum Gasteiger partial charge on any atom is -0.469 e. The summed E-state index contributed by atoms with van der Waals surface area (Å²) in [4.78, 5) is 21.6. The molecule has 0 radical (unpaired) electrons. The molecule has 0 aromatic heterocycles. The summed E-state index contributed by atoms with van der Waals surface area (Å²) in [5, 5.41) is 0. The van der Waals surface area contributed by atoms with E-state index >= 15 is 0 Å². The van der Waals surface area contributed by atoms with Crippen molar-refractivity contribution in [2.45, 2.75) is 51.4 Å². The average molecular weight is 256 g/mol. The number of carbonyl (C=O) groups excluding carboxylic acids is 2. The lowest BCUT2D eigenvalue weighted by atomic mass is 10.1. The molecule has 0 aliphatic carbocycles. The molecule has 0 saturated heterocycles. The van der Waals surface area contributed by atoms with Crippen LogP contribution in [-0.4, -0.2) is 26.2 Å². The second-order valence-electron chi connectivity index (χ2n) is 4.13. The first-order valence-electron chi connectivity index (χ1n) is 6.49. The molecule has 0 aromatic rings.